The van der Waals surface area contributed by atoms with E-state index in [1.165, 1.54) is 6.07 Å². The van der Waals surface area contributed by atoms with Crippen molar-refractivity contribution in [2.75, 3.05) is 19.8 Å². The van der Waals surface area contributed by atoms with E-state index < -0.39 is 0 Å². The first-order valence-corrected chi connectivity index (χ1v) is 8.08. The number of hydrogen-bond donors (Lipinski definition) is 1. The van der Waals surface area contributed by atoms with Gasteiger partial charge in [0.25, 0.3) is 0 Å². The zero-order valence-electron chi connectivity index (χ0n) is 13.4. The predicted molar refractivity (Wildman–Crippen MR) is 85.6 cm³/mol. The van der Waals surface area contributed by atoms with Crippen LogP contribution in [0, 0.1) is 5.82 Å². The van der Waals surface area contributed by atoms with Crippen molar-refractivity contribution in [2.24, 2.45) is 0 Å². The van der Waals surface area contributed by atoms with Crippen LogP contribution in [0.5, 0.6) is 0 Å². The van der Waals surface area contributed by atoms with Gasteiger partial charge in [0.05, 0.1) is 6.54 Å². The van der Waals surface area contributed by atoms with Gasteiger partial charge in [0.2, 0.25) is 0 Å². The summed E-state index contributed by atoms with van der Waals surface area (Å²) in [6.07, 6.45) is 5.06. The molecular weight excluding hydrogens is 295 g/mol. The fourth-order valence-electron chi connectivity index (χ4n) is 3.19. The highest BCUT2D eigenvalue weighted by atomic mass is 19.1. The molecule has 1 N–H and O–H groups in total. The van der Waals surface area contributed by atoms with Crippen molar-refractivity contribution in [1.29, 1.82) is 0 Å². The molecule has 1 fully saturated rings. The topological polar surface area (TPSA) is 52.0 Å². The van der Waals surface area contributed by atoms with E-state index in [-0.39, 0.29) is 17.3 Å². The Hall–Kier alpha value is -1.79. The number of hydrogen-bond acceptors (Lipinski definition) is 4. The van der Waals surface area contributed by atoms with Crippen molar-refractivity contribution in [3.05, 3.63) is 48.3 Å². The molecule has 0 saturated carbocycles. The van der Waals surface area contributed by atoms with Crippen LogP contribution in [0.2, 0.25) is 0 Å². The Morgan fingerprint density at radius 1 is 1.39 bits per heavy atom. The van der Waals surface area contributed by atoms with Crippen molar-refractivity contribution < 1.29 is 9.13 Å². The molecule has 6 heteroatoms. The van der Waals surface area contributed by atoms with E-state index in [0.717, 1.165) is 44.7 Å². The fraction of sp³-hybridized carbons (Fsp3) is 0.529. The normalized spacial score (nSPS) is 18.7. The van der Waals surface area contributed by atoms with Gasteiger partial charge in [-0.15, -0.1) is 0 Å². The number of nitrogens with zero attached hydrogens (tertiary/aromatic N) is 3. The highest BCUT2D eigenvalue weighted by Crippen LogP contribution is 2.34. The van der Waals surface area contributed by atoms with Crippen LogP contribution in [0.4, 0.5) is 4.39 Å². The summed E-state index contributed by atoms with van der Waals surface area (Å²) < 4.78 is 21.0. The monoisotopic (exact) mass is 318 g/mol. The molecule has 2 heterocycles. The Balaban J connectivity index is 1.69. The predicted octanol–water partition coefficient (Wildman–Crippen LogP) is 2.14. The second kappa shape index (κ2) is 7.19. The van der Waals surface area contributed by atoms with E-state index in [2.05, 4.69) is 22.3 Å². The van der Waals surface area contributed by atoms with Crippen LogP contribution in [0.3, 0.4) is 0 Å². The van der Waals surface area contributed by atoms with Crippen molar-refractivity contribution in [3.63, 3.8) is 0 Å². The van der Waals surface area contributed by atoms with Crippen molar-refractivity contribution in [2.45, 2.75) is 37.8 Å². The molecule has 1 aliphatic heterocycles. The molecule has 23 heavy (non-hydrogen) atoms. The molecule has 5 nitrogen and oxygen atoms in total. The van der Waals surface area contributed by atoms with Gasteiger partial charge in [-0.25, -0.2) is 9.37 Å². The first kappa shape index (κ1) is 16.1. The molecule has 1 aromatic carbocycles. The smallest absolute Gasteiger partial charge is 0.137 e. The van der Waals surface area contributed by atoms with Gasteiger partial charge in [0.1, 0.15) is 18.5 Å². The fourth-order valence-corrected chi connectivity index (χ4v) is 3.19. The largest absolute Gasteiger partial charge is 0.381 e. The summed E-state index contributed by atoms with van der Waals surface area (Å²) >= 11 is 0. The summed E-state index contributed by atoms with van der Waals surface area (Å²) in [5.41, 5.74) is 0.984. The summed E-state index contributed by atoms with van der Waals surface area (Å²) in [6, 6.07) is 7.23. The van der Waals surface area contributed by atoms with Crippen molar-refractivity contribution in [1.82, 2.24) is 20.1 Å². The molecule has 0 bridgehead atoms. The molecule has 124 valence electrons. The third-order valence-corrected chi connectivity index (χ3v) is 4.60. The molecule has 1 aromatic heterocycles. The highest BCUT2D eigenvalue weighted by molar-refractivity contribution is 5.27. The minimum Gasteiger partial charge on any atom is -0.381 e. The standard InChI is InChI=1S/C17H23FN4O/c1-14(10-22-13-19-12-21-22)20-11-17(5-7-23-8-6-17)15-3-2-4-16(18)9-15/h2-4,9,12-14,20H,5-8,10-11H2,1H3/t14-/m0/s1. The Kier molecular flexibility index (Phi) is 5.03. The third-order valence-electron chi connectivity index (χ3n) is 4.60. The van der Waals surface area contributed by atoms with Gasteiger partial charge in [-0.1, -0.05) is 12.1 Å². The first-order chi connectivity index (χ1) is 11.2. The second-order valence-electron chi connectivity index (χ2n) is 6.30. The molecule has 1 aliphatic rings. The number of halogens is 1. The van der Waals surface area contributed by atoms with Gasteiger partial charge in [-0.05, 0) is 37.5 Å². The minimum atomic E-state index is -0.177. The summed E-state index contributed by atoms with van der Waals surface area (Å²) in [6.45, 7) is 5.12. The van der Waals surface area contributed by atoms with E-state index in [1.807, 2.05) is 10.7 Å². The molecule has 1 saturated heterocycles. The Morgan fingerprint density at radius 2 is 2.22 bits per heavy atom. The maximum Gasteiger partial charge on any atom is 0.137 e. The van der Waals surface area contributed by atoms with E-state index in [9.17, 15) is 4.39 Å². The van der Waals surface area contributed by atoms with Gasteiger partial charge in [-0.3, -0.25) is 4.68 Å². The number of rotatable bonds is 6. The van der Waals surface area contributed by atoms with Crippen LogP contribution in [0.1, 0.15) is 25.3 Å². The van der Waals surface area contributed by atoms with Gasteiger partial charge in [-0.2, -0.15) is 5.10 Å². The van der Waals surface area contributed by atoms with Crippen LogP contribution < -0.4 is 5.32 Å². The lowest BCUT2D eigenvalue weighted by molar-refractivity contribution is 0.0487. The molecule has 3 rings (SSSR count). The van der Waals surface area contributed by atoms with Crippen molar-refractivity contribution in [3.8, 4) is 0 Å². The SMILES string of the molecule is C[C@@H](Cn1cncn1)NCC1(c2cccc(F)c2)CCOCC1. The summed E-state index contributed by atoms with van der Waals surface area (Å²) in [7, 11) is 0. The number of aromatic nitrogens is 3. The molecule has 0 spiro atoms. The number of benzene rings is 1. The Labute approximate surface area is 135 Å². The molecular formula is C17H23FN4O. The average molecular weight is 318 g/mol. The van der Waals surface area contributed by atoms with Crippen molar-refractivity contribution >= 4 is 0 Å². The van der Waals surface area contributed by atoms with Crippen LogP contribution in [-0.2, 0) is 16.7 Å². The van der Waals surface area contributed by atoms with Gasteiger partial charge < -0.3 is 10.1 Å². The maximum absolute atomic E-state index is 13.7. The summed E-state index contributed by atoms with van der Waals surface area (Å²) in [5.74, 6) is -0.177. The number of nitrogens with one attached hydrogen (secondary N) is 1. The van der Waals surface area contributed by atoms with E-state index in [1.54, 1.807) is 24.8 Å². The summed E-state index contributed by atoms with van der Waals surface area (Å²) in [5, 5.41) is 7.72. The third kappa shape index (κ3) is 3.95. The second-order valence-corrected chi connectivity index (χ2v) is 6.30. The average Bonchev–Trinajstić information content (AvgIpc) is 3.07. The lowest BCUT2D eigenvalue weighted by atomic mass is 9.74. The molecule has 0 unspecified atom stereocenters. The van der Waals surface area contributed by atoms with Crippen LogP contribution >= 0.6 is 0 Å². The molecule has 2 aromatic rings. The quantitative estimate of drug-likeness (QED) is 0.887. The Morgan fingerprint density at radius 3 is 2.91 bits per heavy atom. The zero-order valence-corrected chi connectivity index (χ0v) is 13.4. The molecule has 0 radical (unpaired) electrons. The zero-order chi connectivity index (χ0) is 16.1. The van der Waals surface area contributed by atoms with Gasteiger partial charge >= 0.3 is 0 Å². The molecule has 0 aliphatic carbocycles. The lowest BCUT2D eigenvalue weighted by Crippen LogP contribution is -2.46. The lowest BCUT2D eigenvalue weighted by Gasteiger charge is -2.39. The maximum atomic E-state index is 13.7. The molecule has 0 amide bonds. The van der Waals surface area contributed by atoms with Gasteiger partial charge in [0.15, 0.2) is 0 Å². The Bertz CT molecular complexity index is 611. The highest BCUT2D eigenvalue weighted by Gasteiger charge is 2.34. The summed E-state index contributed by atoms with van der Waals surface area (Å²) in [4.78, 5) is 3.96. The van der Waals surface area contributed by atoms with E-state index in [0.29, 0.717) is 0 Å². The van der Waals surface area contributed by atoms with Gasteiger partial charge in [0, 0.05) is 31.2 Å². The van der Waals surface area contributed by atoms with E-state index in [4.69, 9.17) is 4.74 Å². The van der Waals surface area contributed by atoms with Crippen LogP contribution in [-0.4, -0.2) is 40.6 Å². The molecule has 1 atom stereocenters. The van der Waals surface area contributed by atoms with E-state index >= 15 is 0 Å². The van der Waals surface area contributed by atoms with Crippen LogP contribution in [0.25, 0.3) is 0 Å². The minimum absolute atomic E-state index is 0.0724. The van der Waals surface area contributed by atoms with Crippen LogP contribution in [0.15, 0.2) is 36.9 Å². The first-order valence-electron chi connectivity index (χ1n) is 8.08. The number of ether oxygens (including phenoxy) is 1.